The summed E-state index contributed by atoms with van der Waals surface area (Å²) in [6.45, 7) is 5.40. The van der Waals surface area contributed by atoms with Gasteiger partial charge >= 0.3 is 0 Å². The van der Waals surface area contributed by atoms with Gasteiger partial charge in [-0.3, -0.25) is 0 Å². The molecule has 0 atom stereocenters. The number of nitrogens with one attached hydrogen (secondary N) is 1. The monoisotopic (exact) mass is 227 g/mol. The van der Waals surface area contributed by atoms with Gasteiger partial charge in [-0.05, 0) is 13.0 Å². The van der Waals surface area contributed by atoms with E-state index in [1.807, 2.05) is 11.9 Å². The van der Waals surface area contributed by atoms with Gasteiger partial charge in [0.05, 0.1) is 5.69 Å². The van der Waals surface area contributed by atoms with Crippen LogP contribution in [0.4, 0.5) is 6.01 Å². The second kappa shape index (κ2) is 7.24. The third kappa shape index (κ3) is 4.20. The van der Waals surface area contributed by atoms with Crippen LogP contribution in [0.15, 0.2) is 10.7 Å². The van der Waals surface area contributed by atoms with E-state index in [0.29, 0.717) is 6.01 Å². The molecule has 1 aromatic heterocycles. The fraction of sp³-hybridized carbons (Fsp3) is 0.727. The number of ether oxygens (including phenoxy) is 1. The molecule has 92 valence electrons. The molecule has 0 saturated carbocycles. The Kier molecular flexibility index (Phi) is 5.88. The predicted octanol–water partition coefficient (Wildman–Crippen LogP) is 1.26. The zero-order valence-electron chi connectivity index (χ0n) is 10.3. The molecule has 0 fully saturated rings. The molecule has 0 saturated heterocycles. The topological polar surface area (TPSA) is 50.5 Å². The van der Waals surface area contributed by atoms with E-state index >= 15 is 0 Å². The third-order valence-corrected chi connectivity index (χ3v) is 2.26. The maximum absolute atomic E-state index is 5.39. The van der Waals surface area contributed by atoms with E-state index in [0.717, 1.165) is 38.4 Å². The summed E-state index contributed by atoms with van der Waals surface area (Å²) in [6.07, 6.45) is 2.67. The lowest BCUT2D eigenvalue weighted by atomic mass is 10.4. The van der Waals surface area contributed by atoms with Crippen molar-refractivity contribution >= 4 is 6.01 Å². The summed E-state index contributed by atoms with van der Waals surface area (Å²) in [5.41, 5.74) is 0.940. The molecular formula is C11H21N3O2. The maximum Gasteiger partial charge on any atom is 0.297 e. The average molecular weight is 227 g/mol. The predicted molar refractivity (Wildman–Crippen MR) is 63.6 cm³/mol. The fourth-order valence-corrected chi connectivity index (χ4v) is 1.35. The Morgan fingerprint density at radius 1 is 1.56 bits per heavy atom. The van der Waals surface area contributed by atoms with Gasteiger partial charge in [0.15, 0.2) is 0 Å². The van der Waals surface area contributed by atoms with Gasteiger partial charge in [-0.15, -0.1) is 0 Å². The van der Waals surface area contributed by atoms with E-state index in [1.165, 1.54) is 0 Å². The molecule has 0 unspecified atom stereocenters. The summed E-state index contributed by atoms with van der Waals surface area (Å²) < 4.78 is 10.4. The van der Waals surface area contributed by atoms with E-state index in [2.05, 4.69) is 17.2 Å². The molecule has 1 aromatic rings. The zero-order valence-corrected chi connectivity index (χ0v) is 10.3. The summed E-state index contributed by atoms with van der Waals surface area (Å²) >= 11 is 0. The number of methoxy groups -OCH3 is 1. The molecule has 0 aliphatic carbocycles. The van der Waals surface area contributed by atoms with Gasteiger partial charge in [-0.25, -0.2) is 0 Å². The molecule has 0 aliphatic rings. The van der Waals surface area contributed by atoms with Gasteiger partial charge in [0.1, 0.15) is 6.26 Å². The molecule has 0 aromatic carbocycles. The van der Waals surface area contributed by atoms with E-state index in [-0.39, 0.29) is 0 Å². The number of nitrogens with zero attached hydrogens (tertiary/aromatic N) is 2. The smallest absolute Gasteiger partial charge is 0.297 e. The van der Waals surface area contributed by atoms with Crippen LogP contribution in [0.1, 0.15) is 19.0 Å². The summed E-state index contributed by atoms with van der Waals surface area (Å²) in [5.74, 6) is 0. The first-order valence-corrected chi connectivity index (χ1v) is 5.63. The van der Waals surface area contributed by atoms with Crippen molar-refractivity contribution in [1.29, 1.82) is 0 Å². The molecule has 5 heteroatoms. The van der Waals surface area contributed by atoms with E-state index in [9.17, 15) is 0 Å². The quantitative estimate of drug-likeness (QED) is 0.677. The van der Waals surface area contributed by atoms with Gasteiger partial charge in [0.25, 0.3) is 6.01 Å². The van der Waals surface area contributed by atoms with Crippen LogP contribution in [0.5, 0.6) is 0 Å². The van der Waals surface area contributed by atoms with Crippen LogP contribution >= 0.6 is 0 Å². The van der Waals surface area contributed by atoms with Crippen molar-refractivity contribution in [1.82, 2.24) is 10.3 Å². The fourth-order valence-electron chi connectivity index (χ4n) is 1.35. The van der Waals surface area contributed by atoms with E-state index < -0.39 is 0 Å². The molecule has 0 amide bonds. The number of hydrogen-bond donors (Lipinski definition) is 1. The first-order valence-electron chi connectivity index (χ1n) is 5.63. The van der Waals surface area contributed by atoms with E-state index in [1.54, 1.807) is 13.4 Å². The molecule has 0 aliphatic heterocycles. The third-order valence-electron chi connectivity index (χ3n) is 2.26. The minimum absolute atomic E-state index is 0.670. The average Bonchev–Trinajstić information content (AvgIpc) is 2.75. The van der Waals surface area contributed by atoms with Crippen molar-refractivity contribution in [2.75, 3.05) is 38.8 Å². The normalized spacial score (nSPS) is 10.7. The standard InChI is InChI=1S/C11H21N3O2/c1-4-12-8-10-9-16-11(13-10)14(2)6-5-7-15-3/h9,12H,4-8H2,1-3H3. The number of aromatic nitrogens is 1. The molecule has 0 spiro atoms. The van der Waals surface area contributed by atoms with Crippen LogP contribution in [0.2, 0.25) is 0 Å². The highest BCUT2D eigenvalue weighted by Gasteiger charge is 2.07. The van der Waals surface area contributed by atoms with Crippen molar-refractivity contribution in [2.24, 2.45) is 0 Å². The Balaban J connectivity index is 2.37. The molecule has 1 heterocycles. The lowest BCUT2D eigenvalue weighted by molar-refractivity contribution is 0.196. The van der Waals surface area contributed by atoms with Crippen LogP contribution in [0.25, 0.3) is 0 Å². The molecular weight excluding hydrogens is 206 g/mol. The van der Waals surface area contributed by atoms with Gasteiger partial charge in [0.2, 0.25) is 0 Å². The van der Waals surface area contributed by atoms with Gasteiger partial charge in [-0.2, -0.15) is 4.98 Å². The van der Waals surface area contributed by atoms with Crippen LogP contribution < -0.4 is 10.2 Å². The highest BCUT2D eigenvalue weighted by Crippen LogP contribution is 2.11. The van der Waals surface area contributed by atoms with Gasteiger partial charge in [0, 0.05) is 33.9 Å². The molecule has 1 N–H and O–H groups in total. The van der Waals surface area contributed by atoms with Crippen molar-refractivity contribution in [2.45, 2.75) is 19.9 Å². The Morgan fingerprint density at radius 3 is 3.06 bits per heavy atom. The molecule has 0 radical (unpaired) electrons. The van der Waals surface area contributed by atoms with Gasteiger partial charge in [-0.1, -0.05) is 6.92 Å². The lowest BCUT2D eigenvalue weighted by Gasteiger charge is -2.13. The molecule has 0 bridgehead atoms. The zero-order chi connectivity index (χ0) is 11.8. The number of hydrogen-bond acceptors (Lipinski definition) is 5. The Morgan fingerprint density at radius 2 is 2.38 bits per heavy atom. The second-order valence-corrected chi connectivity index (χ2v) is 3.67. The minimum Gasteiger partial charge on any atom is -0.432 e. The minimum atomic E-state index is 0.670. The largest absolute Gasteiger partial charge is 0.432 e. The molecule has 1 rings (SSSR count). The first kappa shape index (κ1) is 13.0. The highest BCUT2D eigenvalue weighted by atomic mass is 16.5. The van der Waals surface area contributed by atoms with Crippen LogP contribution in [0.3, 0.4) is 0 Å². The van der Waals surface area contributed by atoms with Crippen molar-refractivity contribution in [3.63, 3.8) is 0 Å². The molecule has 5 nitrogen and oxygen atoms in total. The number of rotatable bonds is 8. The Hall–Kier alpha value is -1.07. The van der Waals surface area contributed by atoms with Crippen molar-refractivity contribution in [3.05, 3.63) is 12.0 Å². The van der Waals surface area contributed by atoms with E-state index in [4.69, 9.17) is 9.15 Å². The summed E-state index contributed by atoms with van der Waals surface area (Å²) in [6, 6.07) is 0.670. The highest BCUT2D eigenvalue weighted by molar-refractivity contribution is 5.24. The van der Waals surface area contributed by atoms with Crippen molar-refractivity contribution in [3.8, 4) is 0 Å². The Bertz CT molecular complexity index is 289. The van der Waals surface area contributed by atoms with Crippen LogP contribution in [-0.2, 0) is 11.3 Å². The molecule has 16 heavy (non-hydrogen) atoms. The SMILES string of the molecule is CCNCc1coc(N(C)CCCOC)n1. The first-order chi connectivity index (χ1) is 7.77. The maximum atomic E-state index is 5.39. The summed E-state index contributed by atoms with van der Waals surface area (Å²) in [4.78, 5) is 6.38. The van der Waals surface area contributed by atoms with Crippen LogP contribution in [0, 0.1) is 0 Å². The van der Waals surface area contributed by atoms with Crippen LogP contribution in [-0.4, -0.2) is 38.8 Å². The Labute approximate surface area is 96.8 Å². The summed E-state index contributed by atoms with van der Waals surface area (Å²) in [7, 11) is 3.68. The number of oxazole rings is 1. The van der Waals surface area contributed by atoms with Crippen molar-refractivity contribution < 1.29 is 9.15 Å². The van der Waals surface area contributed by atoms with Gasteiger partial charge < -0.3 is 19.4 Å². The second-order valence-electron chi connectivity index (χ2n) is 3.67. The number of anilines is 1. The summed E-state index contributed by atoms with van der Waals surface area (Å²) in [5, 5.41) is 3.21. The lowest BCUT2D eigenvalue weighted by Crippen LogP contribution is -2.20.